The van der Waals surface area contributed by atoms with Crippen molar-refractivity contribution in [3.8, 4) is 0 Å². The Morgan fingerprint density at radius 2 is 2.12 bits per heavy atom. The Bertz CT molecular complexity index is 227. The highest BCUT2D eigenvalue weighted by molar-refractivity contribution is 4.85. The molecular formula is C14H25NO. The minimum Gasteiger partial charge on any atom is -0.497 e. The van der Waals surface area contributed by atoms with Gasteiger partial charge < -0.3 is 10.1 Å². The molecule has 0 spiro atoms. The highest BCUT2D eigenvalue weighted by Crippen LogP contribution is 2.26. The lowest BCUT2D eigenvalue weighted by molar-refractivity contribution is 0.111. The molecule has 2 rings (SSSR count). The van der Waals surface area contributed by atoms with Gasteiger partial charge in [0.05, 0.1) is 6.26 Å². The molecule has 3 atom stereocenters. The Labute approximate surface area is 99.4 Å². The van der Waals surface area contributed by atoms with E-state index in [9.17, 15) is 0 Å². The number of rotatable bonds is 4. The molecule has 2 nitrogen and oxygen atoms in total. The zero-order valence-corrected chi connectivity index (χ0v) is 10.5. The zero-order valence-electron chi connectivity index (χ0n) is 10.5. The van der Waals surface area contributed by atoms with Gasteiger partial charge in [-0.25, -0.2) is 0 Å². The van der Waals surface area contributed by atoms with Gasteiger partial charge in [-0.05, 0) is 37.7 Å². The Kier molecular flexibility index (Phi) is 4.70. The van der Waals surface area contributed by atoms with Crippen LogP contribution in [0, 0.1) is 5.92 Å². The molecular weight excluding hydrogens is 198 g/mol. The third-order valence-electron chi connectivity index (χ3n) is 4.06. The molecule has 0 radical (unpaired) electrons. The van der Waals surface area contributed by atoms with Gasteiger partial charge in [0, 0.05) is 12.6 Å². The molecule has 1 aliphatic carbocycles. The van der Waals surface area contributed by atoms with E-state index in [1.807, 2.05) is 6.26 Å². The van der Waals surface area contributed by atoms with E-state index in [4.69, 9.17) is 4.74 Å². The predicted molar refractivity (Wildman–Crippen MR) is 67.3 cm³/mol. The van der Waals surface area contributed by atoms with Crippen LogP contribution in [0.2, 0.25) is 0 Å². The van der Waals surface area contributed by atoms with Gasteiger partial charge in [0.1, 0.15) is 6.10 Å². The number of hydrogen-bond donors (Lipinski definition) is 1. The van der Waals surface area contributed by atoms with Gasteiger partial charge >= 0.3 is 0 Å². The summed E-state index contributed by atoms with van der Waals surface area (Å²) in [5.74, 6) is 0.896. The lowest BCUT2D eigenvalue weighted by Crippen LogP contribution is -2.42. The van der Waals surface area contributed by atoms with Crippen LogP contribution in [0.15, 0.2) is 12.3 Å². The first-order chi connectivity index (χ1) is 7.90. The summed E-state index contributed by atoms with van der Waals surface area (Å²) in [6.45, 7) is 3.36. The molecule has 0 amide bonds. The summed E-state index contributed by atoms with van der Waals surface area (Å²) in [6.07, 6.45) is 13.7. The first-order valence-corrected chi connectivity index (χ1v) is 6.94. The normalized spacial score (nSPS) is 34.7. The monoisotopic (exact) mass is 223 g/mol. The molecule has 0 aromatic carbocycles. The third kappa shape index (κ3) is 3.24. The molecule has 0 bridgehead atoms. The summed E-state index contributed by atoms with van der Waals surface area (Å²) in [5.41, 5.74) is 0. The summed E-state index contributed by atoms with van der Waals surface area (Å²) in [5, 5.41) is 3.73. The Morgan fingerprint density at radius 3 is 2.88 bits per heavy atom. The Morgan fingerprint density at radius 1 is 1.25 bits per heavy atom. The fraction of sp³-hybridized carbons (Fsp3) is 0.857. The van der Waals surface area contributed by atoms with Crippen molar-refractivity contribution in [2.75, 3.05) is 6.54 Å². The lowest BCUT2D eigenvalue weighted by atomic mass is 9.83. The van der Waals surface area contributed by atoms with Gasteiger partial charge in [0.25, 0.3) is 0 Å². The maximum atomic E-state index is 5.59. The van der Waals surface area contributed by atoms with Crippen molar-refractivity contribution in [1.29, 1.82) is 0 Å². The minimum atomic E-state index is 0.407. The van der Waals surface area contributed by atoms with Crippen molar-refractivity contribution >= 4 is 0 Å². The fourth-order valence-electron chi connectivity index (χ4n) is 2.98. The molecule has 1 heterocycles. The van der Waals surface area contributed by atoms with Crippen molar-refractivity contribution in [3.63, 3.8) is 0 Å². The smallest absolute Gasteiger partial charge is 0.110 e. The minimum absolute atomic E-state index is 0.407. The maximum absolute atomic E-state index is 5.59. The van der Waals surface area contributed by atoms with Crippen molar-refractivity contribution in [2.24, 2.45) is 5.92 Å². The largest absolute Gasteiger partial charge is 0.497 e. The van der Waals surface area contributed by atoms with E-state index < -0.39 is 0 Å². The Balaban J connectivity index is 1.72. The van der Waals surface area contributed by atoms with Gasteiger partial charge in [-0.1, -0.05) is 26.2 Å². The fourth-order valence-corrected chi connectivity index (χ4v) is 2.98. The molecule has 1 aliphatic heterocycles. The maximum Gasteiger partial charge on any atom is 0.110 e. The average Bonchev–Trinajstić information content (AvgIpc) is 2.38. The van der Waals surface area contributed by atoms with Gasteiger partial charge in [-0.15, -0.1) is 0 Å². The molecule has 1 fully saturated rings. The van der Waals surface area contributed by atoms with E-state index in [1.165, 1.54) is 44.9 Å². The van der Waals surface area contributed by atoms with Crippen LogP contribution in [0.5, 0.6) is 0 Å². The summed E-state index contributed by atoms with van der Waals surface area (Å²) >= 11 is 0. The van der Waals surface area contributed by atoms with Crippen molar-refractivity contribution < 1.29 is 4.74 Å². The van der Waals surface area contributed by atoms with E-state index in [1.54, 1.807) is 0 Å². The molecule has 0 aromatic rings. The van der Waals surface area contributed by atoms with Crippen LogP contribution in [0.25, 0.3) is 0 Å². The van der Waals surface area contributed by atoms with Gasteiger partial charge in [0.15, 0.2) is 0 Å². The SMILES string of the molecule is CCC1CCCCC1NCC1CCC=CO1. The van der Waals surface area contributed by atoms with Crippen LogP contribution in [-0.2, 0) is 4.74 Å². The van der Waals surface area contributed by atoms with Crippen LogP contribution in [0.3, 0.4) is 0 Å². The highest BCUT2D eigenvalue weighted by Gasteiger charge is 2.24. The van der Waals surface area contributed by atoms with E-state index in [0.29, 0.717) is 6.10 Å². The van der Waals surface area contributed by atoms with Gasteiger partial charge in [-0.3, -0.25) is 0 Å². The lowest BCUT2D eigenvalue weighted by Gasteiger charge is -2.33. The molecule has 1 N–H and O–H groups in total. The van der Waals surface area contributed by atoms with Crippen molar-refractivity contribution in [1.82, 2.24) is 5.32 Å². The van der Waals surface area contributed by atoms with E-state index in [0.717, 1.165) is 18.5 Å². The third-order valence-corrected chi connectivity index (χ3v) is 4.06. The summed E-state index contributed by atoms with van der Waals surface area (Å²) in [4.78, 5) is 0. The average molecular weight is 223 g/mol. The second-order valence-electron chi connectivity index (χ2n) is 5.17. The molecule has 0 aromatic heterocycles. The van der Waals surface area contributed by atoms with E-state index >= 15 is 0 Å². The highest BCUT2D eigenvalue weighted by atomic mass is 16.5. The van der Waals surface area contributed by atoms with Crippen molar-refractivity contribution in [2.45, 2.75) is 64.0 Å². The number of allylic oxidation sites excluding steroid dienone is 1. The predicted octanol–water partition coefficient (Wildman–Crippen LogP) is 3.24. The summed E-state index contributed by atoms with van der Waals surface area (Å²) in [6, 6.07) is 0.744. The number of ether oxygens (including phenoxy) is 1. The molecule has 2 aliphatic rings. The zero-order chi connectivity index (χ0) is 11.2. The molecule has 1 saturated carbocycles. The molecule has 16 heavy (non-hydrogen) atoms. The van der Waals surface area contributed by atoms with E-state index in [2.05, 4.69) is 18.3 Å². The molecule has 0 saturated heterocycles. The quantitative estimate of drug-likeness (QED) is 0.790. The Hall–Kier alpha value is -0.500. The van der Waals surface area contributed by atoms with Gasteiger partial charge in [-0.2, -0.15) is 0 Å². The van der Waals surface area contributed by atoms with E-state index in [-0.39, 0.29) is 0 Å². The molecule has 3 unspecified atom stereocenters. The first-order valence-electron chi connectivity index (χ1n) is 6.94. The molecule has 92 valence electrons. The van der Waals surface area contributed by atoms with Crippen LogP contribution < -0.4 is 5.32 Å². The van der Waals surface area contributed by atoms with Crippen LogP contribution in [0.4, 0.5) is 0 Å². The standard InChI is InChI=1S/C14H25NO/c1-2-12-7-3-4-9-14(12)15-11-13-8-5-6-10-16-13/h6,10,12-15H,2-5,7-9,11H2,1H3. The van der Waals surface area contributed by atoms with Crippen molar-refractivity contribution in [3.05, 3.63) is 12.3 Å². The van der Waals surface area contributed by atoms with Crippen LogP contribution in [0.1, 0.15) is 51.9 Å². The topological polar surface area (TPSA) is 21.3 Å². The number of nitrogens with one attached hydrogen (secondary N) is 1. The first kappa shape index (κ1) is 12.0. The molecule has 2 heteroatoms. The second-order valence-corrected chi connectivity index (χ2v) is 5.17. The summed E-state index contributed by atoms with van der Waals surface area (Å²) in [7, 11) is 0. The second kappa shape index (κ2) is 6.29. The van der Waals surface area contributed by atoms with Gasteiger partial charge in [0.2, 0.25) is 0 Å². The number of hydrogen-bond acceptors (Lipinski definition) is 2. The van der Waals surface area contributed by atoms with Crippen LogP contribution in [-0.4, -0.2) is 18.7 Å². The van der Waals surface area contributed by atoms with Crippen LogP contribution >= 0.6 is 0 Å². The summed E-state index contributed by atoms with van der Waals surface area (Å²) < 4.78 is 5.59.